The number of hydrogen-bond acceptors (Lipinski definition) is 3. The first-order valence-electron chi connectivity index (χ1n) is 8.54. The van der Waals surface area contributed by atoms with Crippen LogP contribution in [0.2, 0.25) is 5.02 Å². The number of likely N-dealkylation sites (tertiary alicyclic amines) is 1. The summed E-state index contributed by atoms with van der Waals surface area (Å²) < 4.78 is 0. The molecule has 1 aliphatic heterocycles. The van der Waals surface area contributed by atoms with Crippen LogP contribution in [0.1, 0.15) is 25.0 Å². The van der Waals surface area contributed by atoms with Crippen LogP contribution in [0.4, 0.5) is 0 Å². The predicted molar refractivity (Wildman–Crippen MR) is 97.4 cm³/mol. The minimum atomic E-state index is -1.02. The molecule has 0 unspecified atom stereocenters. The van der Waals surface area contributed by atoms with Gasteiger partial charge < -0.3 is 20.1 Å². The minimum absolute atomic E-state index is 0.0858. The smallest absolute Gasteiger partial charge is 0.222 e. The highest BCUT2D eigenvalue weighted by Gasteiger charge is 2.32. The van der Waals surface area contributed by atoms with Gasteiger partial charge in [0, 0.05) is 35.9 Å². The van der Waals surface area contributed by atoms with Gasteiger partial charge in [-0.2, -0.15) is 0 Å². The van der Waals surface area contributed by atoms with Crippen molar-refractivity contribution in [1.29, 1.82) is 0 Å². The molecule has 25 heavy (non-hydrogen) atoms. The summed E-state index contributed by atoms with van der Waals surface area (Å²) in [6.45, 7) is 0.748. The molecule has 1 aromatic heterocycles. The number of aromatic amines is 1. The van der Waals surface area contributed by atoms with E-state index in [1.54, 1.807) is 4.90 Å². The van der Waals surface area contributed by atoms with Crippen LogP contribution in [-0.2, 0) is 11.2 Å². The topological polar surface area (TPSA) is 76.6 Å². The molecule has 0 atom stereocenters. The van der Waals surface area contributed by atoms with Crippen LogP contribution in [-0.4, -0.2) is 51.3 Å². The average molecular weight is 363 g/mol. The average Bonchev–Trinajstić information content (AvgIpc) is 3.10. The molecule has 2 heterocycles. The van der Waals surface area contributed by atoms with Crippen molar-refractivity contribution in [2.24, 2.45) is 0 Å². The normalized spacial score (nSPS) is 16.8. The van der Waals surface area contributed by atoms with Crippen molar-refractivity contribution in [3.05, 3.63) is 47.1 Å². The number of nitrogens with zero attached hydrogens (tertiary/aromatic N) is 1. The molecule has 2 aromatic rings. The van der Waals surface area contributed by atoms with Crippen molar-refractivity contribution in [3.63, 3.8) is 0 Å². The Balaban J connectivity index is 1.52. The summed E-state index contributed by atoms with van der Waals surface area (Å²) in [6, 6.07) is 11.6. The standard InChI is InChI=1S/C19H23ClN2O3/c20-15-3-1-14(2-4-15)17-7-5-16(21-17)6-8-18(24)22-11-9-19(25,13-23)10-12-22/h1-5,7,21,23,25H,6,8-13H2. The summed E-state index contributed by atoms with van der Waals surface area (Å²) in [4.78, 5) is 17.5. The third kappa shape index (κ3) is 4.42. The van der Waals surface area contributed by atoms with Crippen LogP contribution in [0.25, 0.3) is 11.3 Å². The SMILES string of the molecule is O=C(CCc1ccc(-c2ccc(Cl)cc2)[nH]1)N1CCC(O)(CO)CC1. The summed E-state index contributed by atoms with van der Waals surface area (Å²) in [6.07, 6.45) is 1.93. The molecule has 0 radical (unpaired) electrons. The fraction of sp³-hybridized carbons (Fsp3) is 0.421. The van der Waals surface area contributed by atoms with E-state index in [1.165, 1.54) is 0 Å². The second-order valence-electron chi connectivity index (χ2n) is 6.67. The molecular formula is C19H23ClN2O3. The van der Waals surface area contributed by atoms with E-state index in [4.69, 9.17) is 11.6 Å². The molecule has 1 saturated heterocycles. The van der Waals surface area contributed by atoms with Gasteiger partial charge in [0.05, 0.1) is 12.2 Å². The maximum Gasteiger partial charge on any atom is 0.222 e. The summed E-state index contributed by atoms with van der Waals surface area (Å²) in [5.74, 6) is 0.0858. The first-order chi connectivity index (χ1) is 12.0. The maximum atomic E-state index is 12.3. The zero-order chi connectivity index (χ0) is 17.9. The van der Waals surface area contributed by atoms with Crippen LogP contribution < -0.4 is 0 Å². The molecule has 134 valence electrons. The lowest BCUT2D eigenvalue weighted by atomic mass is 9.92. The predicted octanol–water partition coefficient (Wildman–Crippen LogP) is 2.61. The number of hydrogen-bond donors (Lipinski definition) is 3. The van der Waals surface area contributed by atoms with E-state index in [-0.39, 0.29) is 12.5 Å². The zero-order valence-corrected chi connectivity index (χ0v) is 14.8. The highest BCUT2D eigenvalue weighted by Crippen LogP contribution is 2.23. The lowest BCUT2D eigenvalue weighted by Gasteiger charge is -2.37. The number of piperidine rings is 1. The zero-order valence-electron chi connectivity index (χ0n) is 14.0. The van der Waals surface area contributed by atoms with E-state index in [9.17, 15) is 15.0 Å². The molecule has 0 spiro atoms. The van der Waals surface area contributed by atoms with E-state index in [1.807, 2.05) is 36.4 Å². The maximum absolute atomic E-state index is 12.3. The van der Waals surface area contributed by atoms with Gasteiger partial charge in [0.15, 0.2) is 0 Å². The second kappa shape index (κ2) is 7.60. The molecule has 0 bridgehead atoms. The molecule has 3 N–H and O–H groups in total. The Morgan fingerprint density at radius 2 is 1.84 bits per heavy atom. The van der Waals surface area contributed by atoms with Gasteiger partial charge in [0.1, 0.15) is 0 Å². The Morgan fingerprint density at radius 1 is 1.16 bits per heavy atom. The van der Waals surface area contributed by atoms with Gasteiger partial charge in [-0.25, -0.2) is 0 Å². The van der Waals surface area contributed by atoms with Gasteiger partial charge in [-0.05, 0) is 49.1 Å². The van der Waals surface area contributed by atoms with Crippen molar-refractivity contribution < 1.29 is 15.0 Å². The summed E-state index contributed by atoms with van der Waals surface area (Å²) >= 11 is 5.91. The van der Waals surface area contributed by atoms with Crippen LogP contribution in [0.15, 0.2) is 36.4 Å². The van der Waals surface area contributed by atoms with Crippen LogP contribution in [0.5, 0.6) is 0 Å². The molecule has 0 aliphatic carbocycles. The van der Waals surface area contributed by atoms with Crippen LogP contribution >= 0.6 is 11.6 Å². The summed E-state index contributed by atoms with van der Waals surface area (Å²) in [5, 5.41) is 19.9. The van der Waals surface area contributed by atoms with E-state index >= 15 is 0 Å². The van der Waals surface area contributed by atoms with Gasteiger partial charge in [0.2, 0.25) is 5.91 Å². The number of aliphatic hydroxyl groups is 2. The van der Waals surface area contributed by atoms with Crippen molar-refractivity contribution >= 4 is 17.5 Å². The van der Waals surface area contributed by atoms with Gasteiger partial charge in [0.25, 0.3) is 0 Å². The number of nitrogens with one attached hydrogen (secondary N) is 1. The molecule has 1 aromatic carbocycles. The number of H-pyrrole nitrogens is 1. The highest BCUT2D eigenvalue weighted by molar-refractivity contribution is 6.30. The molecule has 0 saturated carbocycles. The number of carbonyl (C=O) groups excluding carboxylic acids is 1. The molecule has 1 amide bonds. The van der Waals surface area contributed by atoms with Gasteiger partial charge in [-0.1, -0.05) is 23.7 Å². The third-order valence-electron chi connectivity index (χ3n) is 4.85. The molecule has 3 rings (SSSR count). The minimum Gasteiger partial charge on any atom is -0.393 e. The number of aryl methyl sites for hydroxylation is 1. The van der Waals surface area contributed by atoms with Gasteiger partial charge >= 0.3 is 0 Å². The van der Waals surface area contributed by atoms with Gasteiger partial charge in [-0.3, -0.25) is 4.79 Å². The molecular weight excluding hydrogens is 340 g/mol. The summed E-state index contributed by atoms with van der Waals surface area (Å²) in [7, 11) is 0. The number of amides is 1. The van der Waals surface area contributed by atoms with Crippen molar-refractivity contribution in [2.75, 3.05) is 19.7 Å². The Bertz CT molecular complexity index is 719. The number of halogens is 1. The van der Waals surface area contributed by atoms with Crippen molar-refractivity contribution in [3.8, 4) is 11.3 Å². The van der Waals surface area contributed by atoms with Crippen molar-refractivity contribution in [1.82, 2.24) is 9.88 Å². The Labute approximate surface area is 152 Å². The lowest BCUT2D eigenvalue weighted by molar-refractivity contribution is -0.136. The quantitative estimate of drug-likeness (QED) is 0.765. The molecule has 1 aliphatic rings. The first-order valence-corrected chi connectivity index (χ1v) is 8.92. The number of rotatable bonds is 5. The summed E-state index contributed by atoms with van der Waals surface area (Å²) in [5.41, 5.74) is 2.05. The van der Waals surface area contributed by atoms with Crippen molar-refractivity contribution in [2.45, 2.75) is 31.3 Å². The number of aromatic nitrogens is 1. The first kappa shape index (κ1) is 18.0. The number of benzene rings is 1. The van der Waals surface area contributed by atoms with E-state index in [0.717, 1.165) is 17.0 Å². The third-order valence-corrected chi connectivity index (χ3v) is 5.10. The largest absolute Gasteiger partial charge is 0.393 e. The second-order valence-corrected chi connectivity index (χ2v) is 7.10. The fourth-order valence-corrected chi connectivity index (χ4v) is 3.24. The van der Waals surface area contributed by atoms with Crippen LogP contribution in [0, 0.1) is 0 Å². The lowest BCUT2D eigenvalue weighted by Crippen LogP contribution is -2.48. The Morgan fingerprint density at radius 3 is 2.48 bits per heavy atom. The van der Waals surface area contributed by atoms with Crippen LogP contribution in [0.3, 0.4) is 0 Å². The number of aliphatic hydroxyl groups excluding tert-OH is 1. The van der Waals surface area contributed by atoms with E-state index < -0.39 is 5.60 Å². The molecule has 5 nitrogen and oxygen atoms in total. The fourth-order valence-electron chi connectivity index (χ4n) is 3.11. The van der Waals surface area contributed by atoms with E-state index in [2.05, 4.69) is 4.98 Å². The van der Waals surface area contributed by atoms with E-state index in [0.29, 0.717) is 43.8 Å². The Hall–Kier alpha value is -1.82. The monoisotopic (exact) mass is 362 g/mol. The number of carbonyl (C=O) groups is 1. The highest BCUT2D eigenvalue weighted by atomic mass is 35.5. The van der Waals surface area contributed by atoms with Gasteiger partial charge in [-0.15, -0.1) is 0 Å². The molecule has 1 fully saturated rings. The molecule has 6 heteroatoms. The Kier molecular flexibility index (Phi) is 5.47.